The monoisotopic (exact) mass is 371 g/mol. The molecule has 23 heavy (non-hydrogen) atoms. The van der Waals surface area contributed by atoms with Crippen LogP contribution in [0, 0.1) is 0 Å². The molecule has 7 heteroatoms. The molecule has 4 nitrogen and oxygen atoms in total. The normalized spacial score (nSPS) is 14.8. The van der Waals surface area contributed by atoms with Crippen LogP contribution >= 0.6 is 23.2 Å². The van der Waals surface area contributed by atoms with E-state index in [0.717, 1.165) is 0 Å². The van der Waals surface area contributed by atoms with Crippen LogP contribution in [0.15, 0.2) is 53.4 Å². The van der Waals surface area contributed by atoms with Gasteiger partial charge in [0.05, 0.1) is 16.6 Å². The van der Waals surface area contributed by atoms with E-state index < -0.39 is 22.3 Å². The van der Waals surface area contributed by atoms with Gasteiger partial charge in [0.2, 0.25) is 0 Å². The van der Waals surface area contributed by atoms with Crippen LogP contribution < -0.4 is 5.32 Å². The summed E-state index contributed by atoms with van der Waals surface area (Å²) in [5, 5.41) is 14.0. The molecule has 0 aliphatic rings. The van der Waals surface area contributed by atoms with Gasteiger partial charge in [0, 0.05) is 20.6 Å². The Labute approximate surface area is 146 Å². The molecule has 2 atom stereocenters. The molecule has 0 spiro atoms. The molecule has 0 unspecified atom stereocenters. The van der Waals surface area contributed by atoms with Crippen molar-refractivity contribution in [3.8, 4) is 0 Å². The van der Waals surface area contributed by atoms with Crippen LogP contribution in [0.5, 0.6) is 0 Å². The molecule has 0 fully saturated rings. The molecule has 2 aromatic rings. The number of benzene rings is 2. The zero-order valence-corrected chi connectivity index (χ0v) is 14.6. The average molecular weight is 372 g/mol. The van der Waals surface area contributed by atoms with E-state index in [-0.39, 0.29) is 5.75 Å². The number of hydrogen-bond acceptors (Lipinski definition) is 3. The topological polar surface area (TPSA) is 66.4 Å². The number of nitrogens with one attached hydrogen (secondary N) is 1. The Kier molecular flexibility index (Phi) is 5.81. The molecule has 0 heterocycles. The molecule has 1 amide bonds. The molecule has 0 radical (unpaired) electrons. The van der Waals surface area contributed by atoms with Gasteiger partial charge < -0.3 is 10.4 Å². The van der Waals surface area contributed by atoms with Gasteiger partial charge in [0.15, 0.2) is 5.60 Å². The first-order valence-corrected chi connectivity index (χ1v) is 8.79. The van der Waals surface area contributed by atoms with Gasteiger partial charge in [-0.05, 0) is 55.5 Å². The second kappa shape index (κ2) is 7.45. The number of halogens is 2. The maximum absolute atomic E-state index is 12.3. The maximum Gasteiger partial charge on any atom is 0.257 e. The maximum atomic E-state index is 12.3. The van der Waals surface area contributed by atoms with Gasteiger partial charge in [-0.15, -0.1) is 0 Å². The standard InChI is InChI=1S/C16H15Cl2NO3S/c1-16(21,10-23(22)14-8-4-12(18)5-9-14)15(20)19-13-6-2-11(17)3-7-13/h2-9,21H,10H2,1H3,(H,19,20)/t16-,23-/m0/s1. The van der Waals surface area contributed by atoms with Crippen LogP contribution in [0.4, 0.5) is 5.69 Å². The lowest BCUT2D eigenvalue weighted by atomic mass is 10.1. The molecule has 2 rings (SSSR count). The molecule has 0 saturated heterocycles. The van der Waals surface area contributed by atoms with Crippen molar-refractivity contribution < 1.29 is 14.1 Å². The quantitative estimate of drug-likeness (QED) is 0.845. The van der Waals surface area contributed by atoms with Crippen molar-refractivity contribution in [2.75, 3.05) is 11.1 Å². The number of rotatable bonds is 5. The van der Waals surface area contributed by atoms with Crippen LogP contribution in [0.1, 0.15) is 6.92 Å². The Bertz CT molecular complexity index is 715. The SMILES string of the molecule is C[C@](O)(C[S@](=O)c1ccc(Cl)cc1)C(=O)Nc1ccc(Cl)cc1. The van der Waals surface area contributed by atoms with Crippen LogP contribution in [0.25, 0.3) is 0 Å². The van der Waals surface area contributed by atoms with Gasteiger partial charge in [-0.3, -0.25) is 9.00 Å². The largest absolute Gasteiger partial charge is 0.379 e. The van der Waals surface area contributed by atoms with Gasteiger partial charge in [-0.1, -0.05) is 23.2 Å². The van der Waals surface area contributed by atoms with Crippen molar-refractivity contribution >= 4 is 45.6 Å². The fraction of sp³-hybridized carbons (Fsp3) is 0.188. The van der Waals surface area contributed by atoms with E-state index in [9.17, 15) is 14.1 Å². The number of aliphatic hydroxyl groups is 1. The highest BCUT2D eigenvalue weighted by atomic mass is 35.5. The van der Waals surface area contributed by atoms with Crippen LogP contribution in [0.3, 0.4) is 0 Å². The molecular weight excluding hydrogens is 357 g/mol. The average Bonchev–Trinajstić information content (AvgIpc) is 2.49. The molecule has 0 aliphatic carbocycles. The number of carbonyl (C=O) groups excluding carboxylic acids is 1. The van der Waals surface area contributed by atoms with E-state index in [0.29, 0.717) is 20.6 Å². The predicted octanol–water partition coefficient (Wildman–Crippen LogP) is 3.49. The Balaban J connectivity index is 2.04. The Morgan fingerprint density at radius 2 is 1.57 bits per heavy atom. The summed E-state index contributed by atoms with van der Waals surface area (Å²) in [6.07, 6.45) is 0. The number of amides is 1. The van der Waals surface area contributed by atoms with Crippen LogP contribution in [-0.4, -0.2) is 26.6 Å². The Morgan fingerprint density at radius 3 is 2.09 bits per heavy atom. The predicted molar refractivity (Wildman–Crippen MR) is 93.4 cm³/mol. The minimum absolute atomic E-state index is 0.228. The lowest BCUT2D eigenvalue weighted by Crippen LogP contribution is -2.44. The Morgan fingerprint density at radius 1 is 1.09 bits per heavy atom. The van der Waals surface area contributed by atoms with Crippen molar-refractivity contribution in [3.05, 3.63) is 58.6 Å². The molecular formula is C16H15Cl2NO3S. The van der Waals surface area contributed by atoms with Gasteiger partial charge in [0.1, 0.15) is 0 Å². The molecule has 0 saturated carbocycles. The van der Waals surface area contributed by atoms with Crippen molar-refractivity contribution in [1.29, 1.82) is 0 Å². The van der Waals surface area contributed by atoms with Gasteiger partial charge in [-0.25, -0.2) is 0 Å². The summed E-state index contributed by atoms with van der Waals surface area (Å²) < 4.78 is 12.3. The summed E-state index contributed by atoms with van der Waals surface area (Å²) in [5.41, 5.74) is -1.29. The van der Waals surface area contributed by atoms with Crippen LogP contribution in [-0.2, 0) is 15.6 Å². The third-order valence-electron chi connectivity index (χ3n) is 3.08. The second-order valence-electron chi connectivity index (χ2n) is 5.18. The summed E-state index contributed by atoms with van der Waals surface area (Å²) in [7, 11) is -1.53. The first kappa shape index (κ1) is 17.9. The van der Waals surface area contributed by atoms with Crippen molar-refractivity contribution in [1.82, 2.24) is 0 Å². The molecule has 0 aromatic heterocycles. The second-order valence-corrected chi connectivity index (χ2v) is 7.50. The molecule has 2 aromatic carbocycles. The van der Waals surface area contributed by atoms with E-state index >= 15 is 0 Å². The smallest absolute Gasteiger partial charge is 0.257 e. The highest BCUT2D eigenvalue weighted by Crippen LogP contribution is 2.19. The lowest BCUT2D eigenvalue weighted by Gasteiger charge is -2.22. The number of anilines is 1. The number of hydrogen-bond donors (Lipinski definition) is 2. The highest BCUT2D eigenvalue weighted by molar-refractivity contribution is 7.85. The molecule has 122 valence electrons. The molecule has 2 N–H and O–H groups in total. The third kappa shape index (κ3) is 5.04. The van der Waals surface area contributed by atoms with E-state index in [1.54, 1.807) is 48.5 Å². The van der Waals surface area contributed by atoms with Crippen molar-refractivity contribution in [3.63, 3.8) is 0 Å². The molecule has 0 aliphatic heterocycles. The van der Waals surface area contributed by atoms with E-state index in [4.69, 9.17) is 23.2 Å². The van der Waals surface area contributed by atoms with E-state index in [1.165, 1.54) is 6.92 Å². The first-order valence-electron chi connectivity index (χ1n) is 6.71. The fourth-order valence-corrected chi connectivity index (χ4v) is 3.29. The van der Waals surface area contributed by atoms with Crippen molar-refractivity contribution in [2.24, 2.45) is 0 Å². The fourth-order valence-electron chi connectivity index (χ4n) is 1.79. The highest BCUT2D eigenvalue weighted by Gasteiger charge is 2.33. The van der Waals surface area contributed by atoms with Gasteiger partial charge in [-0.2, -0.15) is 0 Å². The van der Waals surface area contributed by atoms with Gasteiger partial charge in [0.25, 0.3) is 5.91 Å². The summed E-state index contributed by atoms with van der Waals surface area (Å²) in [4.78, 5) is 12.7. The summed E-state index contributed by atoms with van der Waals surface area (Å²) in [6, 6.07) is 12.9. The summed E-state index contributed by atoms with van der Waals surface area (Å²) in [5.74, 6) is -0.865. The van der Waals surface area contributed by atoms with E-state index in [2.05, 4.69) is 5.32 Å². The minimum Gasteiger partial charge on any atom is -0.379 e. The van der Waals surface area contributed by atoms with Crippen LogP contribution in [0.2, 0.25) is 10.0 Å². The zero-order chi connectivity index (χ0) is 17.0. The summed E-state index contributed by atoms with van der Waals surface area (Å²) in [6.45, 7) is 1.33. The first-order chi connectivity index (χ1) is 10.8. The summed E-state index contributed by atoms with van der Waals surface area (Å²) >= 11 is 11.6. The van der Waals surface area contributed by atoms with Crippen molar-refractivity contribution in [2.45, 2.75) is 17.4 Å². The van der Waals surface area contributed by atoms with E-state index in [1.807, 2.05) is 0 Å². The van der Waals surface area contributed by atoms with Gasteiger partial charge >= 0.3 is 0 Å². The zero-order valence-electron chi connectivity index (χ0n) is 12.3. The third-order valence-corrected chi connectivity index (χ3v) is 5.21. The molecule has 0 bridgehead atoms. The number of carbonyl (C=O) groups is 1. The lowest BCUT2D eigenvalue weighted by molar-refractivity contribution is -0.130. The Hall–Kier alpha value is -1.40. The minimum atomic E-state index is -1.79.